The molecule has 29 heavy (non-hydrogen) atoms. The molecule has 1 unspecified atom stereocenters. The largest absolute Gasteiger partial charge is 0.292 e. The average molecular weight is 422 g/mol. The number of fused-ring (bicyclic) bond motifs is 1. The van der Waals surface area contributed by atoms with Crippen molar-refractivity contribution in [1.82, 2.24) is 14.6 Å². The maximum Gasteiger partial charge on any atom is 0.186 e. The summed E-state index contributed by atoms with van der Waals surface area (Å²) < 4.78 is 29.2. The van der Waals surface area contributed by atoms with Gasteiger partial charge in [-0.05, 0) is 30.7 Å². The summed E-state index contributed by atoms with van der Waals surface area (Å²) in [5.74, 6) is -2.27. The molecular weight excluding hydrogens is 396 g/mol. The minimum Gasteiger partial charge on any atom is -0.292 e. The van der Waals surface area contributed by atoms with E-state index in [9.17, 15) is 13.6 Å². The van der Waals surface area contributed by atoms with Gasteiger partial charge in [0.15, 0.2) is 11.4 Å². The van der Waals surface area contributed by atoms with Gasteiger partial charge in [-0.3, -0.25) is 4.79 Å². The summed E-state index contributed by atoms with van der Waals surface area (Å²) in [6, 6.07) is 5.51. The summed E-state index contributed by atoms with van der Waals surface area (Å²) in [6.45, 7) is 8.09. The van der Waals surface area contributed by atoms with Crippen molar-refractivity contribution in [3.8, 4) is 11.3 Å². The van der Waals surface area contributed by atoms with Crippen molar-refractivity contribution in [3.05, 3.63) is 52.8 Å². The fourth-order valence-corrected chi connectivity index (χ4v) is 2.89. The van der Waals surface area contributed by atoms with E-state index in [4.69, 9.17) is 11.6 Å². The first-order chi connectivity index (χ1) is 13.8. The van der Waals surface area contributed by atoms with Gasteiger partial charge in [0.05, 0.1) is 0 Å². The summed E-state index contributed by atoms with van der Waals surface area (Å²) >= 11 is 5.55. The number of hydrogen-bond acceptors (Lipinski definition) is 3. The van der Waals surface area contributed by atoms with E-state index in [-0.39, 0.29) is 28.7 Å². The van der Waals surface area contributed by atoms with E-state index in [2.05, 4.69) is 23.9 Å². The van der Waals surface area contributed by atoms with Gasteiger partial charge in [0.25, 0.3) is 0 Å². The predicted molar refractivity (Wildman–Crippen MR) is 112 cm³/mol. The van der Waals surface area contributed by atoms with Crippen LogP contribution in [0, 0.1) is 17.6 Å². The van der Waals surface area contributed by atoms with Crippen LogP contribution in [0.25, 0.3) is 16.9 Å². The lowest BCUT2D eigenvalue weighted by Crippen LogP contribution is -2.12. The molecule has 3 aromatic rings. The van der Waals surface area contributed by atoms with Crippen LogP contribution >= 0.6 is 11.6 Å². The maximum absolute atomic E-state index is 13.9. The molecule has 156 valence electrons. The number of carbonyl (C=O) groups is 1. The van der Waals surface area contributed by atoms with Gasteiger partial charge in [-0.25, -0.2) is 18.3 Å². The fraction of sp³-hybridized carbons (Fsp3) is 0.409. The molecular formula is C22H26ClF2N3O. The Hall–Kier alpha value is -2.34. The molecule has 7 heteroatoms. The molecule has 0 saturated carbocycles. The van der Waals surface area contributed by atoms with Crippen molar-refractivity contribution in [1.29, 1.82) is 0 Å². The topological polar surface area (TPSA) is 47.3 Å². The Balaban J connectivity index is 0.000000537. The summed E-state index contributed by atoms with van der Waals surface area (Å²) in [4.78, 5) is 17.0. The van der Waals surface area contributed by atoms with Crippen LogP contribution in [0.4, 0.5) is 8.78 Å². The van der Waals surface area contributed by atoms with Gasteiger partial charge in [-0.1, -0.05) is 58.6 Å². The molecule has 2 heterocycles. The zero-order chi connectivity index (χ0) is 21.6. The number of ketones is 1. The molecule has 0 bridgehead atoms. The van der Waals surface area contributed by atoms with E-state index < -0.39 is 16.7 Å². The Bertz CT molecular complexity index is 962. The predicted octanol–water partition coefficient (Wildman–Crippen LogP) is 6.75. The average Bonchev–Trinajstić information content (AvgIpc) is 3.11. The number of hydrogen-bond donors (Lipinski definition) is 0. The third-order valence-corrected chi connectivity index (χ3v) is 5.01. The highest BCUT2D eigenvalue weighted by atomic mass is 35.5. The van der Waals surface area contributed by atoms with Gasteiger partial charge in [0.1, 0.15) is 28.0 Å². The molecule has 1 atom stereocenters. The SMILES string of the molecule is CCC(C)C(=O)c1nc2cccnn2c1-c1cc(F)c(Cl)c(F)c1.CCCCC. The van der Waals surface area contributed by atoms with E-state index in [1.807, 2.05) is 6.92 Å². The van der Waals surface area contributed by atoms with Crippen molar-refractivity contribution >= 4 is 23.0 Å². The number of carbonyl (C=O) groups excluding carboxylic acids is 1. The Labute approximate surface area is 174 Å². The lowest BCUT2D eigenvalue weighted by molar-refractivity contribution is 0.0923. The van der Waals surface area contributed by atoms with Gasteiger partial charge in [-0.15, -0.1) is 0 Å². The molecule has 0 radical (unpaired) electrons. The van der Waals surface area contributed by atoms with Gasteiger partial charge >= 0.3 is 0 Å². The van der Waals surface area contributed by atoms with E-state index in [1.165, 1.54) is 30.0 Å². The second-order valence-corrected chi connectivity index (χ2v) is 7.26. The number of benzene rings is 1. The van der Waals surface area contributed by atoms with Gasteiger partial charge in [-0.2, -0.15) is 5.10 Å². The minimum atomic E-state index is -0.903. The third kappa shape index (κ3) is 5.18. The molecule has 3 rings (SSSR count). The highest BCUT2D eigenvalue weighted by Crippen LogP contribution is 2.31. The van der Waals surface area contributed by atoms with Gasteiger partial charge in [0, 0.05) is 17.7 Å². The zero-order valence-electron chi connectivity index (χ0n) is 17.2. The number of halogens is 3. The first kappa shape index (κ1) is 22.9. The Morgan fingerprint density at radius 1 is 1.17 bits per heavy atom. The molecule has 0 aliphatic rings. The van der Waals surface area contributed by atoms with E-state index in [1.54, 1.807) is 19.1 Å². The Morgan fingerprint density at radius 2 is 1.79 bits per heavy atom. The first-order valence-corrected chi connectivity index (χ1v) is 10.3. The summed E-state index contributed by atoms with van der Waals surface area (Å²) in [6.07, 6.45) is 6.22. The number of aromatic nitrogens is 3. The number of unbranched alkanes of at least 4 members (excludes halogenated alkanes) is 2. The van der Waals surface area contributed by atoms with Crippen LogP contribution in [0.5, 0.6) is 0 Å². The number of Topliss-reactive ketones (excluding diaryl/α,β-unsaturated/α-hetero) is 1. The minimum absolute atomic E-state index is 0.143. The smallest absolute Gasteiger partial charge is 0.186 e. The molecule has 0 spiro atoms. The zero-order valence-corrected chi connectivity index (χ0v) is 17.9. The molecule has 4 nitrogen and oxygen atoms in total. The number of rotatable bonds is 6. The first-order valence-electron chi connectivity index (χ1n) is 9.88. The van der Waals surface area contributed by atoms with Gasteiger partial charge < -0.3 is 0 Å². The molecule has 0 saturated heterocycles. The molecule has 0 amide bonds. The Kier molecular flexibility index (Phi) is 8.26. The summed E-state index contributed by atoms with van der Waals surface area (Å²) in [5.41, 5.74) is 0.983. The molecule has 2 aromatic heterocycles. The molecule has 0 aliphatic heterocycles. The van der Waals surface area contributed by atoms with Gasteiger partial charge in [0.2, 0.25) is 0 Å². The van der Waals surface area contributed by atoms with Crippen LogP contribution < -0.4 is 0 Å². The third-order valence-electron chi connectivity index (χ3n) is 4.65. The molecule has 0 N–H and O–H groups in total. The lowest BCUT2D eigenvalue weighted by atomic mass is 9.98. The second-order valence-electron chi connectivity index (χ2n) is 6.88. The maximum atomic E-state index is 13.9. The number of nitrogens with zero attached hydrogens (tertiary/aromatic N) is 3. The van der Waals surface area contributed by atoms with Crippen LogP contribution in [-0.2, 0) is 0 Å². The molecule has 1 aromatic carbocycles. The monoisotopic (exact) mass is 421 g/mol. The second kappa shape index (κ2) is 10.4. The summed E-state index contributed by atoms with van der Waals surface area (Å²) in [5, 5.41) is 3.56. The Morgan fingerprint density at radius 3 is 2.31 bits per heavy atom. The highest BCUT2D eigenvalue weighted by molar-refractivity contribution is 6.31. The van der Waals surface area contributed by atoms with Crippen molar-refractivity contribution in [2.24, 2.45) is 5.92 Å². The van der Waals surface area contributed by atoms with Crippen LogP contribution in [0.15, 0.2) is 30.5 Å². The van der Waals surface area contributed by atoms with Crippen LogP contribution in [0.3, 0.4) is 0 Å². The molecule has 0 aliphatic carbocycles. The van der Waals surface area contributed by atoms with Crippen molar-refractivity contribution in [3.63, 3.8) is 0 Å². The van der Waals surface area contributed by atoms with Crippen molar-refractivity contribution in [2.45, 2.75) is 53.4 Å². The summed E-state index contributed by atoms with van der Waals surface area (Å²) in [7, 11) is 0. The van der Waals surface area contributed by atoms with E-state index >= 15 is 0 Å². The van der Waals surface area contributed by atoms with Crippen molar-refractivity contribution in [2.75, 3.05) is 0 Å². The highest BCUT2D eigenvalue weighted by Gasteiger charge is 2.25. The normalized spacial score (nSPS) is 11.8. The fourth-order valence-electron chi connectivity index (χ4n) is 2.78. The van der Waals surface area contributed by atoms with E-state index in [0.29, 0.717) is 12.1 Å². The quantitative estimate of drug-likeness (QED) is 0.326. The van der Waals surface area contributed by atoms with Crippen LogP contribution in [0.2, 0.25) is 5.02 Å². The lowest BCUT2D eigenvalue weighted by Gasteiger charge is -2.09. The standard InChI is InChI=1S/C17H14ClF2N3O.C5H12/c1-3-9(2)17(24)15-16(23-13(22-15)5-4-6-21-23)10-7-11(19)14(18)12(20)8-10;1-3-5-4-2/h4-9H,3H2,1-2H3;3-5H2,1-2H3. The molecule has 0 fully saturated rings. The van der Waals surface area contributed by atoms with E-state index in [0.717, 1.165) is 12.1 Å². The van der Waals surface area contributed by atoms with Crippen molar-refractivity contribution < 1.29 is 13.6 Å². The number of imidazole rings is 1. The van der Waals surface area contributed by atoms with Crippen LogP contribution in [-0.4, -0.2) is 20.4 Å². The van der Waals surface area contributed by atoms with Crippen LogP contribution in [0.1, 0.15) is 63.9 Å².